The largest absolute Gasteiger partial charge is 0.496 e. The molecule has 0 spiro atoms. The molecule has 2 aliphatic heterocycles. The van der Waals surface area contributed by atoms with E-state index in [2.05, 4.69) is 20.5 Å². The van der Waals surface area contributed by atoms with Crippen LogP contribution >= 0.6 is 11.6 Å². The van der Waals surface area contributed by atoms with Crippen LogP contribution in [-0.2, 0) is 0 Å². The fraction of sp³-hybridized carbons (Fsp3) is 0.367. The molecule has 198 valence electrons. The third kappa shape index (κ3) is 5.34. The Morgan fingerprint density at radius 1 is 1.03 bits per heavy atom. The average Bonchev–Trinajstić information content (AvgIpc) is 3.19. The number of fused-ring (bicyclic) bond motifs is 2. The minimum absolute atomic E-state index is 0.0550. The third-order valence-electron chi connectivity index (χ3n) is 7.81. The minimum Gasteiger partial charge on any atom is -0.496 e. The number of carbonyl (C=O) groups is 2. The first-order valence-electron chi connectivity index (χ1n) is 13.1. The Kier molecular flexibility index (Phi) is 7.56. The van der Waals surface area contributed by atoms with Crippen molar-refractivity contribution in [2.75, 3.05) is 12.0 Å². The SMILES string of the molecule is COc1cccc(C(=O)NC2CC3CCC(C2)N3c2ccc(C(=O)NC(C)c3ccc(Cl)cc3)cn2)c1C. The van der Waals surface area contributed by atoms with Crippen molar-refractivity contribution in [3.8, 4) is 5.75 Å². The molecule has 2 amide bonds. The molecule has 5 rings (SSSR count). The summed E-state index contributed by atoms with van der Waals surface area (Å²) in [7, 11) is 1.62. The molecule has 0 radical (unpaired) electrons. The van der Waals surface area contributed by atoms with Gasteiger partial charge < -0.3 is 20.3 Å². The molecule has 1 aromatic heterocycles. The number of anilines is 1. The zero-order chi connectivity index (χ0) is 26.8. The first kappa shape index (κ1) is 26.0. The van der Waals surface area contributed by atoms with Crippen LogP contribution in [0.2, 0.25) is 5.02 Å². The third-order valence-corrected chi connectivity index (χ3v) is 8.06. The Balaban J connectivity index is 1.20. The van der Waals surface area contributed by atoms with E-state index < -0.39 is 0 Å². The number of carbonyl (C=O) groups excluding carboxylic acids is 2. The Bertz CT molecular complexity index is 1300. The van der Waals surface area contributed by atoms with Crippen LogP contribution in [0.4, 0.5) is 5.82 Å². The van der Waals surface area contributed by atoms with Crippen LogP contribution < -0.4 is 20.3 Å². The van der Waals surface area contributed by atoms with E-state index in [-0.39, 0.29) is 23.9 Å². The van der Waals surface area contributed by atoms with Crippen LogP contribution in [-0.4, -0.2) is 42.0 Å². The summed E-state index contributed by atoms with van der Waals surface area (Å²) < 4.78 is 5.38. The highest BCUT2D eigenvalue weighted by Crippen LogP contribution is 2.38. The van der Waals surface area contributed by atoms with Gasteiger partial charge in [-0.2, -0.15) is 0 Å². The predicted molar refractivity (Wildman–Crippen MR) is 149 cm³/mol. The van der Waals surface area contributed by atoms with Crippen LogP contribution in [0.25, 0.3) is 0 Å². The number of ether oxygens (including phenoxy) is 1. The maximum Gasteiger partial charge on any atom is 0.253 e. The number of hydrogen-bond donors (Lipinski definition) is 2. The topological polar surface area (TPSA) is 83.6 Å². The molecule has 0 saturated carbocycles. The number of hydrogen-bond acceptors (Lipinski definition) is 5. The van der Waals surface area contributed by atoms with Crippen LogP contribution in [0.3, 0.4) is 0 Å². The Hall–Kier alpha value is -3.58. The van der Waals surface area contributed by atoms with Crippen LogP contribution in [0.1, 0.15) is 70.5 Å². The molecule has 3 unspecified atom stereocenters. The van der Waals surface area contributed by atoms with E-state index in [4.69, 9.17) is 16.3 Å². The Morgan fingerprint density at radius 3 is 2.37 bits per heavy atom. The monoisotopic (exact) mass is 532 g/mol. The van der Waals surface area contributed by atoms with Crippen molar-refractivity contribution >= 4 is 29.2 Å². The standard InChI is InChI=1S/C30H33ClN4O3/c1-18-26(5-4-6-27(18)38-3)30(37)34-23-15-24-12-13-25(16-23)35(24)28-14-9-21(17-32-28)29(36)33-19(2)20-7-10-22(31)11-8-20/h4-11,14,17,19,23-25H,12-13,15-16H2,1-3H3,(H,33,36)(H,34,37). The minimum atomic E-state index is -0.163. The van der Waals surface area contributed by atoms with Gasteiger partial charge in [-0.05, 0) is 81.5 Å². The second-order valence-corrected chi connectivity index (χ2v) is 10.7. The highest BCUT2D eigenvalue weighted by molar-refractivity contribution is 6.30. The molecule has 2 aliphatic rings. The van der Waals surface area contributed by atoms with E-state index in [9.17, 15) is 9.59 Å². The lowest BCUT2D eigenvalue weighted by Gasteiger charge is -2.40. The van der Waals surface area contributed by atoms with Gasteiger partial charge in [-0.3, -0.25) is 9.59 Å². The number of amides is 2. The summed E-state index contributed by atoms with van der Waals surface area (Å²) in [6, 6.07) is 17.4. The fourth-order valence-electron chi connectivity index (χ4n) is 5.80. The molecule has 3 aromatic rings. The van der Waals surface area contributed by atoms with Gasteiger partial charge in [-0.1, -0.05) is 29.8 Å². The smallest absolute Gasteiger partial charge is 0.253 e. The van der Waals surface area contributed by atoms with Gasteiger partial charge in [-0.15, -0.1) is 0 Å². The second-order valence-electron chi connectivity index (χ2n) is 10.2. The van der Waals surface area contributed by atoms with Crippen molar-refractivity contribution in [1.82, 2.24) is 15.6 Å². The summed E-state index contributed by atoms with van der Waals surface area (Å²) in [5.74, 6) is 1.38. The molecule has 8 heteroatoms. The highest BCUT2D eigenvalue weighted by atomic mass is 35.5. The molecule has 0 aliphatic carbocycles. The number of nitrogens with zero attached hydrogens (tertiary/aromatic N) is 2. The quantitative estimate of drug-likeness (QED) is 0.421. The maximum atomic E-state index is 13.0. The summed E-state index contributed by atoms with van der Waals surface area (Å²) in [4.78, 5) is 32.9. The summed E-state index contributed by atoms with van der Waals surface area (Å²) in [6.45, 7) is 3.85. The van der Waals surface area contributed by atoms with Gasteiger partial charge in [0, 0.05) is 40.5 Å². The van der Waals surface area contributed by atoms with Crippen LogP contribution in [0.5, 0.6) is 5.75 Å². The van der Waals surface area contributed by atoms with Gasteiger partial charge in [0.05, 0.1) is 18.7 Å². The molecule has 7 nitrogen and oxygen atoms in total. The van der Waals surface area contributed by atoms with Crippen molar-refractivity contribution in [3.05, 3.63) is 88.1 Å². The Morgan fingerprint density at radius 2 is 1.74 bits per heavy atom. The van der Waals surface area contributed by atoms with Crippen molar-refractivity contribution in [1.29, 1.82) is 0 Å². The van der Waals surface area contributed by atoms with Crippen molar-refractivity contribution in [2.45, 2.75) is 63.7 Å². The lowest BCUT2D eigenvalue weighted by Crippen LogP contribution is -2.50. The summed E-state index contributed by atoms with van der Waals surface area (Å²) in [5, 5.41) is 6.95. The second kappa shape index (κ2) is 11.0. The highest BCUT2D eigenvalue weighted by Gasteiger charge is 2.42. The number of methoxy groups -OCH3 is 1. The number of rotatable bonds is 7. The number of benzene rings is 2. The van der Waals surface area contributed by atoms with Crippen molar-refractivity contribution in [2.24, 2.45) is 0 Å². The number of piperidine rings is 1. The molecule has 2 fully saturated rings. The van der Waals surface area contributed by atoms with E-state index in [1.807, 2.05) is 68.4 Å². The predicted octanol–water partition coefficient (Wildman–Crippen LogP) is 5.47. The van der Waals surface area contributed by atoms with Gasteiger partial charge >= 0.3 is 0 Å². The first-order chi connectivity index (χ1) is 18.3. The maximum absolute atomic E-state index is 13.0. The van der Waals surface area contributed by atoms with Gasteiger partial charge in [0.1, 0.15) is 11.6 Å². The lowest BCUT2D eigenvalue weighted by molar-refractivity contribution is 0.0922. The van der Waals surface area contributed by atoms with Gasteiger partial charge in [0.15, 0.2) is 0 Å². The summed E-state index contributed by atoms with van der Waals surface area (Å²) in [5.41, 5.74) is 3.02. The summed E-state index contributed by atoms with van der Waals surface area (Å²) >= 11 is 5.97. The van der Waals surface area contributed by atoms with E-state index in [0.717, 1.165) is 48.4 Å². The molecule has 2 N–H and O–H groups in total. The van der Waals surface area contributed by atoms with Crippen molar-refractivity contribution < 1.29 is 14.3 Å². The Labute approximate surface area is 228 Å². The molecule has 2 aromatic carbocycles. The average molecular weight is 533 g/mol. The summed E-state index contributed by atoms with van der Waals surface area (Å²) in [6.07, 6.45) is 5.52. The molecule has 2 saturated heterocycles. The zero-order valence-electron chi connectivity index (χ0n) is 21.9. The van der Waals surface area contributed by atoms with Crippen molar-refractivity contribution in [3.63, 3.8) is 0 Å². The van der Waals surface area contributed by atoms with Gasteiger partial charge in [-0.25, -0.2) is 4.98 Å². The number of halogens is 1. The van der Waals surface area contributed by atoms with E-state index in [1.54, 1.807) is 13.3 Å². The first-order valence-corrected chi connectivity index (χ1v) is 13.5. The van der Waals surface area contributed by atoms with Gasteiger partial charge in [0.2, 0.25) is 0 Å². The zero-order valence-corrected chi connectivity index (χ0v) is 22.7. The molecule has 3 atom stereocenters. The molecular weight excluding hydrogens is 500 g/mol. The number of aromatic nitrogens is 1. The molecule has 38 heavy (non-hydrogen) atoms. The van der Waals surface area contributed by atoms with E-state index in [0.29, 0.717) is 28.2 Å². The van der Waals surface area contributed by atoms with Crippen LogP contribution in [0.15, 0.2) is 60.8 Å². The number of nitrogens with one attached hydrogen (secondary N) is 2. The number of pyridine rings is 1. The van der Waals surface area contributed by atoms with E-state index >= 15 is 0 Å². The molecule has 3 heterocycles. The normalized spacial score (nSPS) is 21.1. The van der Waals surface area contributed by atoms with E-state index in [1.165, 1.54) is 0 Å². The molecule has 2 bridgehead atoms. The fourth-order valence-corrected chi connectivity index (χ4v) is 5.93. The molecular formula is C30H33ClN4O3. The van der Waals surface area contributed by atoms with Crippen LogP contribution in [0, 0.1) is 6.92 Å². The van der Waals surface area contributed by atoms with Gasteiger partial charge in [0.25, 0.3) is 11.8 Å². The lowest BCUT2D eigenvalue weighted by atomic mass is 9.96.